The second-order valence-electron chi connectivity index (χ2n) is 10.5. The molecule has 0 bridgehead atoms. The molecule has 4 aromatic carbocycles. The van der Waals surface area contributed by atoms with Crippen molar-refractivity contribution >= 4 is 0 Å². The molecule has 0 aromatic heterocycles. The quantitative estimate of drug-likeness (QED) is 0.216. The van der Waals surface area contributed by atoms with Crippen molar-refractivity contribution in [2.24, 2.45) is 5.92 Å². The van der Waals surface area contributed by atoms with Gasteiger partial charge in [0.2, 0.25) is 6.29 Å². The first kappa shape index (κ1) is 27.5. The molecule has 4 aromatic rings. The van der Waals surface area contributed by atoms with Crippen molar-refractivity contribution in [2.45, 2.75) is 50.8 Å². The van der Waals surface area contributed by atoms with E-state index in [1.54, 1.807) is 7.11 Å². The van der Waals surface area contributed by atoms with Crippen molar-refractivity contribution in [3.63, 3.8) is 0 Å². The zero-order valence-electron chi connectivity index (χ0n) is 23.3. The van der Waals surface area contributed by atoms with Gasteiger partial charge in [-0.05, 0) is 46.9 Å². The van der Waals surface area contributed by atoms with Gasteiger partial charge in [-0.1, -0.05) is 91.0 Å². The predicted molar refractivity (Wildman–Crippen MR) is 156 cm³/mol. The lowest BCUT2D eigenvalue weighted by molar-refractivity contribution is -0.288. The summed E-state index contributed by atoms with van der Waals surface area (Å²) in [6.45, 7) is 1.74. The molecule has 0 amide bonds. The number of fused-ring (bicyclic) bond motifs is 2. The number of hydrogen-bond donors (Lipinski definition) is 0. The van der Waals surface area contributed by atoms with Crippen LogP contribution in [0.15, 0.2) is 109 Å². The first-order valence-electron chi connectivity index (χ1n) is 14.2. The van der Waals surface area contributed by atoms with Gasteiger partial charge in [0.1, 0.15) is 23.7 Å². The molecule has 0 N–H and O–H groups in total. The van der Waals surface area contributed by atoms with Gasteiger partial charge < -0.3 is 28.4 Å². The smallest absolute Gasteiger partial charge is 0.206 e. The number of ether oxygens (including phenoxy) is 6. The minimum atomic E-state index is -0.487. The van der Waals surface area contributed by atoms with Crippen LogP contribution in [0.2, 0.25) is 0 Å². The molecule has 6 rings (SSSR count). The van der Waals surface area contributed by atoms with E-state index in [1.807, 2.05) is 72.8 Å². The Kier molecular flexibility index (Phi) is 8.93. The van der Waals surface area contributed by atoms with Crippen LogP contribution in [0.4, 0.5) is 0 Å². The fraction of sp³-hybridized carbons (Fsp3) is 0.314. The van der Waals surface area contributed by atoms with E-state index < -0.39 is 6.29 Å². The Morgan fingerprint density at radius 3 is 1.88 bits per heavy atom. The van der Waals surface area contributed by atoms with E-state index in [2.05, 4.69) is 36.4 Å². The van der Waals surface area contributed by atoms with E-state index in [4.69, 9.17) is 28.4 Å². The fourth-order valence-electron chi connectivity index (χ4n) is 5.58. The molecule has 1 fully saturated rings. The normalized spacial score (nSPS) is 23.2. The number of hydrogen-bond acceptors (Lipinski definition) is 6. The maximum atomic E-state index is 6.73. The Bertz CT molecular complexity index is 1360. The van der Waals surface area contributed by atoms with E-state index in [0.717, 1.165) is 40.2 Å². The van der Waals surface area contributed by atoms with Gasteiger partial charge in [-0.15, -0.1) is 0 Å². The third-order valence-electron chi connectivity index (χ3n) is 7.70. The summed E-state index contributed by atoms with van der Waals surface area (Å²) in [5.41, 5.74) is 4.38. The molecule has 0 radical (unpaired) electrons. The molecular weight excluding hydrogens is 516 g/mol. The van der Waals surface area contributed by atoms with Crippen molar-refractivity contribution in [3.8, 4) is 11.5 Å². The summed E-state index contributed by atoms with van der Waals surface area (Å²) in [6, 6.07) is 36.5. The van der Waals surface area contributed by atoms with E-state index in [0.29, 0.717) is 26.4 Å². The average Bonchev–Trinajstić information content (AvgIpc) is 3.03. The summed E-state index contributed by atoms with van der Waals surface area (Å²) in [7, 11) is 1.68. The van der Waals surface area contributed by atoms with Crippen molar-refractivity contribution in [1.82, 2.24) is 0 Å². The molecule has 2 aliphatic rings. The van der Waals surface area contributed by atoms with E-state index >= 15 is 0 Å². The van der Waals surface area contributed by atoms with E-state index in [9.17, 15) is 0 Å². The minimum absolute atomic E-state index is 0.0792. The van der Waals surface area contributed by atoms with Crippen molar-refractivity contribution in [2.75, 3.05) is 13.7 Å². The van der Waals surface area contributed by atoms with Gasteiger partial charge in [0.25, 0.3) is 0 Å². The number of benzene rings is 4. The van der Waals surface area contributed by atoms with Crippen LogP contribution < -0.4 is 9.47 Å². The first-order chi connectivity index (χ1) is 20.3. The Hall–Kier alpha value is -3.68. The Labute approximate surface area is 241 Å². The largest absolute Gasteiger partial charge is 0.497 e. The summed E-state index contributed by atoms with van der Waals surface area (Å²) in [5, 5.41) is 0. The minimum Gasteiger partial charge on any atom is -0.497 e. The van der Waals surface area contributed by atoms with Crippen LogP contribution in [0.3, 0.4) is 0 Å². The molecule has 6 heteroatoms. The van der Waals surface area contributed by atoms with Crippen LogP contribution in [-0.2, 0) is 45.2 Å². The molecule has 41 heavy (non-hydrogen) atoms. The van der Waals surface area contributed by atoms with Gasteiger partial charge in [-0.3, -0.25) is 0 Å². The highest BCUT2D eigenvalue weighted by molar-refractivity contribution is 5.42. The summed E-state index contributed by atoms with van der Waals surface area (Å²) in [5.74, 6) is 1.53. The summed E-state index contributed by atoms with van der Waals surface area (Å²) < 4.78 is 38.2. The summed E-state index contributed by atoms with van der Waals surface area (Å²) in [6.07, 6.45) is -0.809. The van der Waals surface area contributed by atoms with Crippen molar-refractivity contribution in [1.29, 1.82) is 0 Å². The van der Waals surface area contributed by atoms with Gasteiger partial charge in [0.05, 0.1) is 45.6 Å². The van der Waals surface area contributed by atoms with Crippen LogP contribution >= 0.6 is 0 Å². The number of methoxy groups -OCH3 is 1. The third kappa shape index (κ3) is 6.80. The zero-order valence-corrected chi connectivity index (χ0v) is 23.3. The maximum Gasteiger partial charge on any atom is 0.206 e. The Morgan fingerprint density at radius 1 is 0.683 bits per heavy atom. The first-order valence-corrected chi connectivity index (χ1v) is 14.2. The molecule has 212 valence electrons. The standard InChI is InChI=1S/C35H36O6/c1-36-29-17-18-31-28(19-29)20-30-33(38-22-26-13-7-3-8-14-26)34(39-23-27-15-9-4-10-16-27)32(41-35(30)40-31)24-37-21-25-11-5-2-6-12-25/h2-19,30,32-35H,20-24H2,1H3. The topological polar surface area (TPSA) is 55.4 Å². The van der Waals surface area contributed by atoms with Crippen molar-refractivity contribution < 1.29 is 28.4 Å². The highest BCUT2D eigenvalue weighted by Gasteiger charge is 2.50. The number of rotatable bonds is 11. The predicted octanol–water partition coefficient (Wildman–Crippen LogP) is 6.36. The third-order valence-corrected chi connectivity index (χ3v) is 7.70. The summed E-state index contributed by atoms with van der Waals surface area (Å²) in [4.78, 5) is 0. The second kappa shape index (κ2) is 13.3. The molecule has 0 aliphatic carbocycles. The molecule has 2 heterocycles. The molecule has 0 saturated carbocycles. The lowest BCUT2D eigenvalue weighted by atomic mass is 9.84. The monoisotopic (exact) mass is 552 g/mol. The van der Waals surface area contributed by atoms with Gasteiger partial charge in [-0.2, -0.15) is 0 Å². The average molecular weight is 553 g/mol. The van der Waals surface area contributed by atoms with Gasteiger partial charge >= 0.3 is 0 Å². The van der Waals surface area contributed by atoms with E-state index in [1.165, 1.54) is 0 Å². The molecule has 1 saturated heterocycles. The SMILES string of the molecule is COc1ccc2c(c1)CC1C(O2)OC(COCc2ccccc2)C(OCc2ccccc2)C1OCc1ccccc1. The van der Waals surface area contributed by atoms with Crippen LogP contribution in [0.1, 0.15) is 22.3 Å². The second-order valence-corrected chi connectivity index (χ2v) is 10.5. The lowest BCUT2D eigenvalue weighted by Gasteiger charge is -2.48. The molecule has 0 spiro atoms. The fourth-order valence-corrected chi connectivity index (χ4v) is 5.58. The molecular formula is C35H36O6. The van der Waals surface area contributed by atoms with Crippen LogP contribution in [-0.4, -0.2) is 38.3 Å². The highest BCUT2D eigenvalue weighted by Crippen LogP contribution is 2.41. The van der Waals surface area contributed by atoms with Crippen molar-refractivity contribution in [3.05, 3.63) is 131 Å². The van der Waals surface area contributed by atoms with E-state index in [-0.39, 0.29) is 24.2 Å². The van der Waals surface area contributed by atoms with Gasteiger partial charge in [-0.25, -0.2) is 0 Å². The Morgan fingerprint density at radius 2 is 1.27 bits per heavy atom. The van der Waals surface area contributed by atoms with Gasteiger partial charge in [0, 0.05) is 0 Å². The van der Waals surface area contributed by atoms with Crippen LogP contribution in [0.25, 0.3) is 0 Å². The zero-order chi connectivity index (χ0) is 27.9. The highest BCUT2D eigenvalue weighted by atomic mass is 16.7. The molecule has 5 atom stereocenters. The van der Waals surface area contributed by atoms with Crippen LogP contribution in [0, 0.1) is 5.92 Å². The lowest BCUT2D eigenvalue weighted by Crippen LogP contribution is -2.60. The molecule has 6 nitrogen and oxygen atoms in total. The molecule has 2 aliphatic heterocycles. The summed E-state index contributed by atoms with van der Waals surface area (Å²) >= 11 is 0. The maximum absolute atomic E-state index is 6.73. The molecule has 5 unspecified atom stereocenters. The Balaban J connectivity index is 1.28. The van der Waals surface area contributed by atoms with Crippen LogP contribution in [0.5, 0.6) is 11.5 Å². The van der Waals surface area contributed by atoms with Gasteiger partial charge in [0.15, 0.2) is 0 Å².